The maximum Gasteiger partial charge on any atom is 1.00 e. The first kappa shape index (κ1) is 63.9. The second-order valence-corrected chi connectivity index (χ2v) is 17.4. The monoisotopic (exact) mass is 1270 g/mol. The second-order valence-electron chi connectivity index (χ2n) is 17.4. The Hall–Kier alpha value is -7.20. The molecule has 2 aliphatic carbocycles. The number of hydrogen-bond acceptors (Lipinski definition) is 8. The molecule has 0 fully saturated rings. The summed E-state index contributed by atoms with van der Waals surface area (Å²) in [4.78, 5) is 27.3. The van der Waals surface area contributed by atoms with Gasteiger partial charge in [-0.25, -0.2) is 0 Å². The van der Waals surface area contributed by atoms with Crippen LogP contribution in [0.25, 0.3) is 23.8 Å². The van der Waals surface area contributed by atoms with E-state index in [1.165, 1.54) is 0 Å². The van der Waals surface area contributed by atoms with Crippen molar-refractivity contribution >= 4 is 23.1 Å². The predicted octanol–water partition coefficient (Wildman–Crippen LogP) is 15.1. The molecule has 0 aliphatic heterocycles. The maximum absolute atomic E-state index is 13.7. The molecule has 0 saturated carbocycles. The van der Waals surface area contributed by atoms with E-state index in [0.717, 1.165) is 35.1 Å². The number of aliphatic hydroxyl groups excluding tert-OH is 2. The first-order chi connectivity index (χ1) is 33.8. The van der Waals surface area contributed by atoms with Crippen molar-refractivity contribution in [2.45, 2.75) is 51.4 Å². The van der Waals surface area contributed by atoms with Crippen molar-refractivity contribution in [2.24, 2.45) is 0 Å². The van der Waals surface area contributed by atoms with Gasteiger partial charge in [0.2, 0.25) is 0 Å². The van der Waals surface area contributed by atoms with Gasteiger partial charge in [-0.3, -0.25) is 9.59 Å². The summed E-state index contributed by atoms with van der Waals surface area (Å²) in [5, 5.41) is 59.8. The number of rotatable bonds is 12. The molecule has 6 N–H and O–H groups in total. The van der Waals surface area contributed by atoms with E-state index in [1.54, 1.807) is 97.1 Å². The van der Waals surface area contributed by atoms with Crippen LogP contribution in [0.3, 0.4) is 0 Å². The fourth-order valence-corrected chi connectivity index (χ4v) is 8.74. The van der Waals surface area contributed by atoms with Crippen molar-refractivity contribution in [3.8, 4) is 24.3 Å². The average molecular weight is 1270 g/mol. The van der Waals surface area contributed by atoms with Gasteiger partial charge in [0, 0.05) is 55.4 Å². The number of hydrogen-bond donors (Lipinski definition) is 2. The van der Waals surface area contributed by atoms with Crippen LogP contribution >= 0.6 is 0 Å². The quantitative estimate of drug-likeness (QED) is 0.0677. The molecule has 0 aromatic heterocycles. The van der Waals surface area contributed by atoms with E-state index in [1.807, 2.05) is 60.7 Å². The number of ketones is 2. The third-order valence-electron chi connectivity index (χ3n) is 13.3. The molecule has 0 spiro atoms. The molecule has 0 radical (unpaired) electrons. The largest absolute Gasteiger partial charge is 1.00 e. The molecule has 13 heteroatoms. The van der Waals surface area contributed by atoms with Crippen LogP contribution in [0.2, 0.25) is 0 Å². The first-order valence-corrected chi connectivity index (χ1v) is 22.8. The number of carbonyl (C=O) groups excluding carboxylic acids is 2. The zero-order valence-corrected chi connectivity index (χ0v) is 45.7. The fraction of sp³-hybridized carbons (Fsp3) is 0.129. The van der Waals surface area contributed by atoms with Gasteiger partial charge >= 0.3 is 67.1 Å². The van der Waals surface area contributed by atoms with Gasteiger partial charge in [-0.2, -0.15) is 21.0 Å². The Morgan fingerprint density at radius 2 is 0.707 bits per heavy atom. The second kappa shape index (κ2) is 28.5. The Morgan fingerprint density at radius 1 is 0.427 bits per heavy atom. The molecular formula is C62H52Ag3N6O4+. The van der Waals surface area contributed by atoms with E-state index in [4.69, 9.17) is 0 Å². The number of carbonyl (C=O) groups is 2. The Balaban J connectivity index is 0.000000481. The number of allylic oxidation sites excluding steroid dienone is 10. The van der Waals surface area contributed by atoms with E-state index in [9.17, 15) is 40.8 Å². The minimum Gasteiger partial charge on any atom is -0.693 e. The molecule has 8 rings (SSSR count). The first-order valence-electron chi connectivity index (χ1n) is 22.8. The van der Waals surface area contributed by atoms with Crippen molar-refractivity contribution in [1.29, 1.82) is 21.0 Å². The summed E-state index contributed by atoms with van der Waals surface area (Å²) in [6.45, 7) is 8.44. The van der Waals surface area contributed by atoms with E-state index < -0.39 is 10.8 Å². The smallest absolute Gasteiger partial charge is 0.693 e. The molecule has 6 aromatic carbocycles. The van der Waals surface area contributed by atoms with Crippen LogP contribution in [-0.4, -0.2) is 21.8 Å². The summed E-state index contributed by atoms with van der Waals surface area (Å²) in [6, 6.07) is 54.9. The molecule has 0 bridgehead atoms. The summed E-state index contributed by atoms with van der Waals surface area (Å²) in [5.41, 5.74) is 8.03. The fourth-order valence-electron chi connectivity index (χ4n) is 8.74. The van der Waals surface area contributed by atoms with Gasteiger partial charge in [-0.1, -0.05) is 137 Å². The van der Waals surface area contributed by atoms with Gasteiger partial charge in [-0.15, -0.1) is 0 Å². The Labute approximate surface area is 486 Å². The zero-order chi connectivity index (χ0) is 50.0. The molecule has 0 saturated heterocycles. The summed E-state index contributed by atoms with van der Waals surface area (Å²) in [6.07, 6.45) is 8.99. The van der Waals surface area contributed by atoms with Crippen molar-refractivity contribution in [3.05, 3.63) is 283 Å². The van der Waals surface area contributed by atoms with Gasteiger partial charge in [0.05, 0.1) is 46.5 Å². The molecule has 75 heavy (non-hydrogen) atoms. The minimum atomic E-state index is -0.391. The molecule has 2 unspecified atom stereocenters. The summed E-state index contributed by atoms with van der Waals surface area (Å²) >= 11 is 0. The van der Waals surface area contributed by atoms with Crippen LogP contribution in [0, 0.1) is 45.3 Å². The van der Waals surface area contributed by atoms with E-state index in [-0.39, 0.29) is 103 Å². The molecular weight excluding hydrogens is 1220 g/mol. The average Bonchev–Trinajstić information content (AvgIpc) is 4.10. The van der Waals surface area contributed by atoms with Crippen molar-refractivity contribution < 1.29 is 86.9 Å². The molecule has 386 valence electrons. The number of Topliss-reactive ketones (excluding diaryl/α,β-unsaturated/α-hetero) is 2. The van der Waals surface area contributed by atoms with Crippen molar-refractivity contribution in [2.75, 3.05) is 0 Å². The van der Waals surface area contributed by atoms with Crippen LogP contribution in [0.15, 0.2) is 215 Å². The Kier molecular flexibility index (Phi) is 24.3. The zero-order valence-electron chi connectivity index (χ0n) is 41.3. The molecule has 0 heterocycles. The van der Waals surface area contributed by atoms with Crippen LogP contribution in [0.4, 0.5) is 0 Å². The number of nitrogens with two attached hydrogens (primary N) is 2. The standard InChI is InChI=1S/2C31H24N2O2.3Ag.2H2N/c2*1-3-31(2,25-13-5-4-6-14-25)26-17-27(29(34)23-11-7-9-21(15-23)19-32)28(18-26)30(35)24-12-8-10-22(16-24)20-33;;;;;/h2*4-18,34H,3H2,1-2H3;;;;2*1H2/q;;3*+1;2*-1/b29-27-;;;;;;. The number of aliphatic hydroxyl groups is 2. The van der Waals surface area contributed by atoms with Crippen LogP contribution in [0.1, 0.15) is 106 Å². The third-order valence-corrected chi connectivity index (χ3v) is 13.3. The number of benzene rings is 6. The minimum absolute atomic E-state index is 0. The third kappa shape index (κ3) is 13.8. The summed E-state index contributed by atoms with van der Waals surface area (Å²) in [5.74, 6) is -0.699. The Morgan fingerprint density at radius 3 is 0.987 bits per heavy atom. The number of nitriles is 4. The van der Waals surface area contributed by atoms with Crippen LogP contribution in [-0.2, 0) is 78.0 Å². The van der Waals surface area contributed by atoms with Crippen molar-refractivity contribution in [3.63, 3.8) is 0 Å². The topological polar surface area (TPSA) is 237 Å². The summed E-state index contributed by atoms with van der Waals surface area (Å²) in [7, 11) is 0. The Bertz CT molecular complexity index is 3210. The molecule has 2 atom stereocenters. The van der Waals surface area contributed by atoms with Crippen molar-refractivity contribution in [1.82, 2.24) is 0 Å². The molecule has 6 aromatic rings. The van der Waals surface area contributed by atoms with Gasteiger partial charge in [0.1, 0.15) is 11.5 Å². The summed E-state index contributed by atoms with van der Waals surface area (Å²) < 4.78 is 0. The van der Waals surface area contributed by atoms with E-state index in [0.29, 0.717) is 66.8 Å². The van der Waals surface area contributed by atoms with Gasteiger partial charge in [0.25, 0.3) is 0 Å². The van der Waals surface area contributed by atoms with Gasteiger partial charge in [-0.05, 0) is 108 Å². The molecule has 2 aliphatic rings. The van der Waals surface area contributed by atoms with Gasteiger partial charge in [0.15, 0.2) is 11.6 Å². The molecule has 10 nitrogen and oxygen atoms in total. The van der Waals surface area contributed by atoms with Gasteiger partial charge < -0.3 is 22.5 Å². The normalized spacial score (nSPS) is 14.7. The predicted molar refractivity (Wildman–Crippen MR) is 283 cm³/mol. The maximum atomic E-state index is 13.7. The van der Waals surface area contributed by atoms with E-state index >= 15 is 0 Å². The molecule has 0 amide bonds. The van der Waals surface area contributed by atoms with Crippen LogP contribution < -0.4 is 0 Å². The number of nitrogens with zero attached hydrogens (tertiary/aromatic N) is 4. The van der Waals surface area contributed by atoms with E-state index in [2.05, 4.69) is 76.2 Å². The SMILES string of the molecule is CCC(C)(C1=C/C(=C(/O)c2cccc(C#N)c2)C(C(=O)c2cccc(C#N)c2)=C1)c1ccccc1.CCC(C)(C1=CC(=C(O)c2cccc(C#N)c2)C(C(=O)c2cccc(C#N)c2)=C1)c1ccccc1.[Ag+].[Ag+].[Ag+].[NH2-].[NH2-]. The van der Waals surface area contributed by atoms with Crippen LogP contribution in [0.5, 0.6) is 0 Å².